The van der Waals surface area contributed by atoms with Crippen LogP contribution in [0.25, 0.3) is 0 Å². The fourth-order valence-electron chi connectivity index (χ4n) is 3.43. The lowest BCUT2D eigenvalue weighted by Gasteiger charge is -2.25. The topological polar surface area (TPSA) is 3.24 Å². The minimum atomic E-state index is 0.844. The van der Waals surface area contributed by atoms with Crippen LogP contribution in [-0.2, 0) is 0 Å². The maximum absolute atomic E-state index is 2.68. The van der Waals surface area contributed by atoms with Gasteiger partial charge in [0.2, 0.25) is 0 Å². The molecule has 80 valence electrons. The van der Waals surface area contributed by atoms with Crippen LogP contribution in [0, 0.1) is 13.8 Å². The number of benzene rings is 1. The van der Waals surface area contributed by atoms with Crippen LogP contribution in [-0.4, -0.2) is 12.1 Å². The second-order valence-electron chi connectivity index (χ2n) is 5.22. The van der Waals surface area contributed by atoms with Crippen molar-refractivity contribution in [3.8, 4) is 0 Å². The molecule has 2 aliphatic rings. The van der Waals surface area contributed by atoms with Crippen molar-refractivity contribution >= 4 is 5.69 Å². The first-order valence-electron chi connectivity index (χ1n) is 6.11. The molecule has 0 saturated carbocycles. The van der Waals surface area contributed by atoms with Crippen LogP contribution >= 0.6 is 0 Å². The van der Waals surface area contributed by atoms with E-state index in [1.165, 1.54) is 42.5 Å². The molecule has 3 rings (SSSR count). The molecule has 1 nitrogen and oxygen atoms in total. The van der Waals surface area contributed by atoms with Gasteiger partial charge in [-0.2, -0.15) is 0 Å². The van der Waals surface area contributed by atoms with Gasteiger partial charge in [-0.15, -0.1) is 0 Å². The Morgan fingerprint density at radius 1 is 0.867 bits per heavy atom. The molecule has 1 heteroatoms. The van der Waals surface area contributed by atoms with Crippen molar-refractivity contribution in [2.45, 2.75) is 51.6 Å². The molecule has 0 spiro atoms. The third-order valence-electron chi connectivity index (χ3n) is 3.96. The summed E-state index contributed by atoms with van der Waals surface area (Å²) in [4.78, 5) is 2.68. The van der Waals surface area contributed by atoms with Crippen LogP contribution in [0.5, 0.6) is 0 Å². The van der Waals surface area contributed by atoms with Gasteiger partial charge in [-0.3, -0.25) is 0 Å². The molecule has 2 aliphatic heterocycles. The minimum absolute atomic E-state index is 0.844. The third kappa shape index (κ3) is 1.45. The summed E-state index contributed by atoms with van der Waals surface area (Å²) in [5, 5.41) is 0. The van der Waals surface area contributed by atoms with Crippen molar-refractivity contribution in [3.63, 3.8) is 0 Å². The van der Waals surface area contributed by atoms with E-state index in [9.17, 15) is 0 Å². The summed E-state index contributed by atoms with van der Waals surface area (Å²) in [7, 11) is 0. The van der Waals surface area contributed by atoms with E-state index >= 15 is 0 Å². The van der Waals surface area contributed by atoms with E-state index in [1.54, 1.807) is 0 Å². The smallest absolute Gasteiger partial charge is 0.0376 e. The Morgan fingerprint density at radius 3 is 1.80 bits per heavy atom. The molecule has 2 saturated heterocycles. The van der Waals surface area contributed by atoms with E-state index in [-0.39, 0.29) is 0 Å². The number of nitrogens with zero attached hydrogens (tertiary/aromatic N) is 1. The Bertz CT molecular complexity index is 343. The van der Waals surface area contributed by atoms with Crippen LogP contribution in [0.2, 0.25) is 0 Å². The maximum Gasteiger partial charge on any atom is 0.0376 e. The molecule has 0 aromatic heterocycles. The summed E-state index contributed by atoms with van der Waals surface area (Å²) >= 11 is 0. The van der Waals surface area contributed by atoms with Gasteiger partial charge in [0.15, 0.2) is 0 Å². The van der Waals surface area contributed by atoms with Crippen LogP contribution in [0.4, 0.5) is 5.69 Å². The van der Waals surface area contributed by atoms with Gasteiger partial charge >= 0.3 is 0 Å². The van der Waals surface area contributed by atoms with Crippen molar-refractivity contribution < 1.29 is 0 Å². The highest BCUT2D eigenvalue weighted by atomic mass is 15.2. The molecule has 0 N–H and O–H groups in total. The average Bonchev–Trinajstić information content (AvgIpc) is 2.74. The van der Waals surface area contributed by atoms with Crippen molar-refractivity contribution in [1.29, 1.82) is 0 Å². The third-order valence-corrected chi connectivity index (χ3v) is 3.96. The molecule has 0 aliphatic carbocycles. The van der Waals surface area contributed by atoms with Gasteiger partial charge in [-0.05, 0) is 62.8 Å². The largest absolute Gasteiger partial charge is 0.366 e. The number of aryl methyl sites for hydroxylation is 2. The first-order valence-corrected chi connectivity index (χ1v) is 6.11. The van der Waals surface area contributed by atoms with Gasteiger partial charge in [0.1, 0.15) is 0 Å². The van der Waals surface area contributed by atoms with E-state index in [4.69, 9.17) is 0 Å². The Labute approximate surface area is 92.1 Å². The molecule has 2 heterocycles. The van der Waals surface area contributed by atoms with Gasteiger partial charge in [-0.25, -0.2) is 0 Å². The van der Waals surface area contributed by atoms with Gasteiger partial charge < -0.3 is 4.90 Å². The van der Waals surface area contributed by atoms with Crippen LogP contribution < -0.4 is 4.90 Å². The normalized spacial score (nSPS) is 28.8. The highest BCUT2D eigenvalue weighted by Crippen LogP contribution is 2.41. The summed E-state index contributed by atoms with van der Waals surface area (Å²) in [6, 6.07) is 8.65. The molecule has 0 unspecified atom stereocenters. The maximum atomic E-state index is 2.68. The molecule has 15 heavy (non-hydrogen) atoms. The van der Waals surface area contributed by atoms with E-state index in [0.29, 0.717) is 0 Å². The van der Waals surface area contributed by atoms with Gasteiger partial charge in [0.25, 0.3) is 0 Å². The van der Waals surface area contributed by atoms with E-state index in [0.717, 1.165) is 12.1 Å². The van der Waals surface area contributed by atoms with Crippen molar-refractivity contribution in [2.75, 3.05) is 4.90 Å². The predicted octanol–water partition coefficient (Wildman–Crippen LogP) is 3.43. The number of rotatable bonds is 1. The van der Waals surface area contributed by atoms with E-state index < -0.39 is 0 Å². The molecule has 0 amide bonds. The standard InChI is InChI=1S/C14H19N/c1-10-7-11(2)9-14(8-10)15-12-3-4-13(15)6-5-12/h7-9,12-13H,3-6H2,1-2H3. The fourth-order valence-corrected chi connectivity index (χ4v) is 3.43. The molecule has 0 atom stereocenters. The first-order chi connectivity index (χ1) is 7.24. The molecular weight excluding hydrogens is 182 g/mol. The Kier molecular flexibility index (Phi) is 2.01. The molecule has 1 aromatic rings. The van der Waals surface area contributed by atoms with Crippen molar-refractivity contribution in [3.05, 3.63) is 29.3 Å². The zero-order valence-corrected chi connectivity index (χ0v) is 9.66. The zero-order chi connectivity index (χ0) is 10.4. The lowest BCUT2D eigenvalue weighted by Crippen LogP contribution is -2.28. The molecule has 1 aromatic carbocycles. The lowest BCUT2D eigenvalue weighted by atomic mass is 10.0. The van der Waals surface area contributed by atoms with E-state index in [2.05, 4.69) is 36.9 Å². The average molecular weight is 201 g/mol. The molecule has 2 fully saturated rings. The van der Waals surface area contributed by atoms with Crippen LogP contribution in [0.3, 0.4) is 0 Å². The number of hydrogen-bond acceptors (Lipinski definition) is 1. The number of anilines is 1. The summed E-state index contributed by atoms with van der Waals surface area (Å²) in [5.41, 5.74) is 4.27. The highest BCUT2D eigenvalue weighted by Gasteiger charge is 2.39. The lowest BCUT2D eigenvalue weighted by molar-refractivity contribution is 0.576. The summed E-state index contributed by atoms with van der Waals surface area (Å²) in [5.74, 6) is 0. The predicted molar refractivity (Wildman–Crippen MR) is 64.4 cm³/mol. The van der Waals surface area contributed by atoms with E-state index in [1.807, 2.05) is 0 Å². The van der Waals surface area contributed by atoms with Crippen LogP contribution in [0.15, 0.2) is 18.2 Å². The second kappa shape index (κ2) is 3.26. The quantitative estimate of drug-likeness (QED) is 0.673. The summed E-state index contributed by atoms with van der Waals surface area (Å²) in [6.45, 7) is 4.41. The van der Waals surface area contributed by atoms with Gasteiger partial charge in [0.05, 0.1) is 0 Å². The van der Waals surface area contributed by atoms with Crippen LogP contribution in [0.1, 0.15) is 36.8 Å². The first kappa shape index (κ1) is 9.26. The Balaban J connectivity index is 1.99. The molecular formula is C14H19N. The van der Waals surface area contributed by atoms with Crippen molar-refractivity contribution in [1.82, 2.24) is 0 Å². The number of fused-ring (bicyclic) bond motifs is 2. The Morgan fingerprint density at radius 2 is 1.33 bits per heavy atom. The molecule has 0 radical (unpaired) electrons. The number of hydrogen-bond donors (Lipinski definition) is 0. The zero-order valence-electron chi connectivity index (χ0n) is 9.66. The highest BCUT2D eigenvalue weighted by molar-refractivity contribution is 5.54. The molecule has 2 bridgehead atoms. The monoisotopic (exact) mass is 201 g/mol. The van der Waals surface area contributed by atoms with Gasteiger partial charge in [-0.1, -0.05) is 6.07 Å². The van der Waals surface area contributed by atoms with Crippen molar-refractivity contribution in [2.24, 2.45) is 0 Å². The Hall–Kier alpha value is -0.980. The fraction of sp³-hybridized carbons (Fsp3) is 0.571. The SMILES string of the molecule is Cc1cc(C)cc(N2C3CCC2CC3)c1. The summed E-state index contributed by atoms with van der Waals surface area (Å²) < 4.78 is 0. The minimum Gasteiger partial charge on any atom is -0.366 e. The summed E-state index contributed by atoms with van der Waals surface area (Å²) in [6.07, 6.45) is 5.66. The second-order valence-corrected chi connectivity index (χ2v) is 5.22. The van der Waals surface area contributed by atoms with Gasteiger partial charge in [0, 0.05) is 17.8 Å².